The summed E-state index contributed by atoms with van der Waals surface area (Å²) < 4.78 is 3.43. The van der Waals surface area contributed by atoms with Gasteiger partial charge in [-0.15, -0.1) is 5.10 Å². The smallest absolute Gasteiger partial charge is 0.274 e. The molecule has 3 amide bonds. The predicted octanol–water partition coefficient (Wildman–Crippen LogP) is 6.36. The van der Waals surface area contributed by atoms with Gasteiger partial charge < -0.3 is 20.2 Å². The molecule has 0 fully saturated rings. The average Bonchev–Trinajstić information content (AvgIpc) is 3.77. The number of hydrogen-bond acceptors (Lipinski definition) is 7. The molecule has 2 aromatic heterocycles. The Kier molecular flexibility index (Phi) is 11.1. The van der Waals surface area contributed by atoms with Gasteiger partial charge in [-0.05, 0) is 93.6 Å². The number of hydrogen-bond donors (Lipinski definition) is 2. The molecule has 1 aliphatic heterocycles. The highest BCUT2D eigenvalue weighted by atomic mass is 16.3. The Morgan fingerprint density at radius 1 is 0.962 bits per heavy atom. The number of amides is 3. The van der Waals surface area contributed by atoms with E-state index in [2.05, 4.69) is 29.5 Å². The van der Waals surface area contributed by atoms with Gasteiger partial charge in [-0.25, -0.2) is 9.36 Å². The molecule has 0 unspecified atom stereocenters. The van der Waals surface area contributed by atoms with Gasteiger partial charge in [-0.3, -0.25) is 14.4 Å². The van der Waals surface area contributed by atoms with Crippen LogP contribution in [0.15, 0.2) is 66.7 Å². The van der Waals surface area contributed by atoms with Crippen LogP contribution in [0.25, 0.3) is 16.7 Å². The number of anilines is 1. The van der Waals surface area contributed by atoms with Crippen LogP contribution < -0.4 is 5.32 Å². The highest BCUT2D eigenvalue weighted by molar-refractivity contribution is 6.07. The molecule has 0 bridgehead atoms. The number of carbonyl (C=O) groups excluding carboxylic acids is 3. The van der Waals surface area contributed by atoms with Crippen molar-refractivity contribution >= 4 is 34.4 Å². The number of nitrogens with one attached hydrogen (secondary N) is 1. The summed E-state index contributed by atoms with van der Waals surface area (Å²) in [5.41, 5.74) is 6.10. The van der Waals surface area contributed by atoms with E-state index in [0.717, 1.165) is 42.3 Å². The molecule has 6 rings (SSSR count). The van der Waals surface area contributed by atoms with Crippen LogP contribution in [0.5, 0.6) is 0 Å². The van der Waals surface area contributed by atoms with Gasteiger partial charge in [0.15, 0.2) is 5.69 Å². The molecule has 0 aliphatic carbocycles. The fraction of sp³-hybridized carbons (Fsp3) is 0.400. The van der Waals surface area contributed by atoms with Crippen LogP contribution in [0, 0.1) is 6.92 Å². The minimum Gasteiger partial charge on any atom is -0.394 e. The molecule has 52 heavy (non-hydrogen) atoms. The van der Waals surface area contributed by atoms with Gasteiger partial charge in [0.05, 0.1) is 29.4 Å². The lowest BCUT2D eigenvalue weighted by atomic mass is 9.93. The summed E-state index contributed by atoms with van der Waals surface area (Å²) in [7, 11) is 0. The minimum absolute atomic E-state index is 0.117. The molecule has 0 saturated carbocycles. The van der Waals surface area contributed by atoms with E-state index < -0.39 is 6.04 Å². The molecule has 5 aromatic rings. The Labute approximate surface area is 304 Å². The van der Waals surface area contributed by atoms with E-state index in [9.17, 15) is 19.5 Å². The third-order valence-electron chi connectivity index (χ3n) is 9.72. The normalized spacial score (nSPS) is 14.1. The van der Waals surface area contributed by atoms with E-state index in [0.29, 0.717) is 59.9 Å². The Hall–Kier alpha value is -5.36. The van der Waals surface area contributed by atoms with Crippen LogP contribution in [0.3, 0.4) is 0 Å². The Morgan fingerprint density at radius 2 is 1.69 bits per heavy atom. The fourth-order valence-electron chi connectivity index (χ4n) is 6.78. The summed E-state index contributed by atoms with van der Waals surface area (Å²) in [5.74, 6) is -0.824. The van der Waals surface area contributed by atoms with Gasteiger partial charge in [0, 0.05) is 42.6 Å². The molecular weight excluding hydrogens is 656 g/mol. The van der Waals surface area contributed by atoms with E-state index in [4.69, 9.17) is 5.10 Å². The summed E-state index contributed by atoms with van der Waals surface area (Å²) in [6, 6.07) is 19.7. The second-order valence-corrected chi connectivity index (χ2v) is 13.8. The number of nitrogens with zero attached hydrogens (tertiary/aromatic N) is 7. The molecular formula is C40H48N8O4. The molecule has 272 valence electrons. The Balaban J connectivity index is 1.37. The minimum atomic E-state index is -0.443. The molecule has 12 heteroatoms. The van der Waals surface area contributed by atoms with Crippen molar-refractivity contribution in [3.05, 3.63) is 100 Å². The lowest BCUT2D eigenvalue weighted by Crippen LogP contribution is -2.46. The van der Waals surface area contributed by atoms with Gasteiger partial charge in [0.2, 0.25) is 0 Å². The maximum Gasteiger partial charge on any atom is 0.274 e. The number of rotatable bonds is 13. The molecule has 0 spiro atoms. The lowest BCUT2D eigenvalue weighted by molar-refractivity contribution is 0.0544. The van der Waals surface area contributed by atoms with E-state index in [1.165, 1.54) is 0 Å². The highest BCUT2D eigenvalue weighted by Gasteiger charge is 2.32. The molecule has 2 N–H and O–H groups in total. The lowest BCUT2D eigenvalue weighted by Gasteiger charge is -2.36. The van der Waals surface area contributed by atoms with Crippen molar-refractivity contribution in [1.82, 2.24) is 34.6 Å². The van der Waals surface area contributed by atoms with Gasteiger partial charge in [0.25, 0.3) is 17.7 Å². The first-order chi connectivity index (χ1) is 25.1. The average molecular weight is 705 g/mol. The van der Waals surface area contributed by atoms with Crippen molar-refractivity contribution in [2.75, 3.05) is 25.0 Å². The zero-order valence-corrected chi connectivity index (χ0v) is 30.7. The molecule has 1 atom stereocenters. The van der Waals surface area contributed by atoms with Crippen molar-refractivity contribution in [2.45, 2.75) is 85.4 Å². The second kappa shape index (κ2) is 15.9. The van der Waals surface area contributed by atoms with E-state index >= 15 is 0 Å². The van der Waals surface area contributed by atoms with Crippen LogP contribution >= 0.6 is 0 Å². The van der Waals surface area contributed by atoms with Crippen molar-refractivity contribution in [1.29, 1.82) is 0 Å². The summed E-state index contributed by atoms with van der Waals surface area (Å²) in [4.78, 5) is 45.5. The van der Waals surface area contributed by atoms with E-state index in [-0.39, 0.29) is 35.9 Å². The predicted molar refractivity (Wildman–Crippen MR) is 201 cm³/mol. The van der Waals surface area contributed by atoms with Crippen LogP contribution in [-0.4, -0.2) is 83.1 Å². The molecule has 3 aromatic carbocycles. The number of carbonyl (C=O) groups is 3. The number of aliphatic hydroxyl groups excluding tert-OH is 1. The van der Waals surface area contributed by atoms with Crippen molar-refractivity contribution in [3.8, 4) is 5.69 Å². The first-order valence-corrected chi connectivity index (χ1v) is 18.3. The Bertz CT molecular complexity index is 2070. The topological polar surface area (TPSA) is 138 Å². The molecule has 3 heterocycles. The molecule has 1 aliphatic rings. The van der Waals surface area contributed by atoms with Crippen LogP contribution in [0.2, 0.25) is 0 Å². The third-order valence-corrected chi connectivity index (χ3v) is 9.72. The first kappa shape index (κ1) is 36.4. The number of benzene rings is 3. The highest BCUT2D eigenvalue weighted by Crippen LogP contribution is 2.29. The largest absolute Gasteiger partial charge is 0.394 e. The van der Waals surface area contributed by atoms with E-state index in [1.54, 1.807) is 50.7 Å². The summed E-state index contributed by atoms with van der Waals surface area (Å²) in [6.45, 7) is 11.5. The van der Waals surface area contributed by atoms with Gasteiger partial charge >= 0.3 is 0 Å². The number of unbranched alkanes of at least 4 members (excludes halogenated alkanes) is 2. The summed E-state index contributed by atoms with van der Waals surface area (Å²) in [5, 5.41) is 26.6. The SMILES string of the molecule is CCCCN(CCCC)C(=O)c1cc(C)n(-c2ccc(NC(=O)c3ccc4c(c3)nnn4C(C)C)cc2C(=O)N2Cc3ccccc3C[C@H]2CO)n1. The number of fused-ring (bicyclic) bond motifs is 2. The quantitative estimate of drug-likeness (QED) is 0.146. The van der Waals surface area contributed by atoms with Gasteiger partial charge in [-0.1, -0.05) is 56.2 Å². The number of aromatic nitrogens is 5. The van der Waals surface area contributed by atoms with Gasteiger partial charge in [-0.2, -0.15) is 5.10 Å². The van der Waals surface area contributed by atoms with E-state index in [1.807, 2.05) is 56.0 Å². The summed E-state index contributed by atoms with van der Waals surface area (Å²) >= 11 is 0. The monoisotopic (exact) mass is 704 g/mol. The maximum atomic E-state index is 14.6. The second-order valence-electron chi connectivity index (χ2n) is 13.8. The van der Waals surface area contributed by atoms with Crippen LogP contribution in [0.4, 0.5) is 5.69 Å². The van der Waals surface area contributed by atoms with Gasteiger partial charge in [0.1, 0.15) is 5.52 Å². The summed E-state index contributed by atoms with van der Waals surface area (Å²) in [6.07, 6.45) is 4.26. The standard InChI is InChI=1S/C40H48N8O4/c1-6-8-18-45(19-9-7-2)40(52)35-20-27(5)48(43-35)36-17-15-31(41-38(50)29-14-16-37-34(22-29)42-44-47(37)26(3)4)23-33(36)39(51)46-24-30-13-11-10-12-28(30)21-32(46)25-49/h10-17,20,22-23,26,32,49H,6-9,18-19,21,24-25H2,1-5H3,(H,41,50)/t32-/m0/s1. The van der Waals surface area contributed by atoms with Crippen LogP contribution in [-0.2, 0) is 13.0 Å². The molecule has 12 nitrogen and oxygen atoms in total. The molecule has 0 radical (unpaired) electrons. The zero-order valence-electron chi connectivity index (χ0n) is 30.7. The number of aliphatic hydroxyl groups is 1. The van der Waals surface area contributed by atoms with Crippen molar-refractivity contribution in [3.63, 3.8) is 0 Å². The third kappa shape index (κ3) is 7.48. The number of aryl methyl sites for hydroxylation is 1. The first-order valence-electron chi connectivity index (χ1n) is 18.3. The van der Waals surface area contributed by atoms with Crippen LogP contribution in [0.1, 0.15) is 107 Å². The Morgan fingerprint density at radius 3 is 2.38 bits per heavy atom. The van der Waals surface area contributed by atoms with Crippen molar-refractivity contribution < 1.29 is 19.5 Å². The zero-order chi connectivity index (χ0) is 36.9. The molecule has 0 saturated heterocycles. The van der Waals surface area contributed by atoms with Crippen molar-refractivity contribution in [2.24, 2.45) is 0 Å². The fourth-order valence-corrected chi connectivity index (χ4v) is 6.78. The maximum absolute atomic E-state index is 14.6.